The molecule has 14 heavy (non-hydrogen) atoms. The second-order valence-corrected chi connectivity index (χ2v) is 2.37. The molecule has 5 nitrogen and oxygen atoms in total. The van der Waals surface area contributed by atoms with Gasteiger partial charge in [0.1, 0.15) is 11.3 Å². The Morgan fingerprint density at radius 3 is 2.86 bits per heavy atom. The lowest BCUT2D eigenvalue weighted by Crippen LogP contribution is -2.00. The number of aliphatic imine (C=N–C) groups is 1. The molecule has 0 radical (unpaired) electrons. The quantitative estimate of drug-likeness (QED) is 0.434. The summed E-state index contributed by atoms with van der Waals surface area (Å²) in [7, 11) is 1.19. The second-order valence-electron chi connectivity index (χ2n) is 2.37. The molecule has 0 aromatic heterocycles. The minimum Gasteiger partial charge on any atom is -0.505 e. The number of carbonyl (C=O) groups is 1. The lowest BCUT2D eigenvalue weighted by atomic mass is 10.2. The maximum absolute atomic E-state index is 11.1. The van der Waals surface area contributed by atoms with E-state index < -0.39 is 5.97 Å². The first-order valence-corrected chi connectivity index (χ1v) is 3.69. The Morgan fingerprint density at radius 1 is 1.57 bits per heavy atom. The van der Waals surface area contributed by atoms with Crippen LogP contribution < -0.4 is 0 Å². The number of hydrogen-bond donors (Lipinski definition) is 1. The number of ether oxygens (including phenoxy) is 1. The summed E-state index contributed by atoms with van der Waals surface area (Å²) in [6.07, 6.45) is 1.27. The van der Waals surface area contributed by atoms with Crippen molar-refractivity contribution in [2.24, 2.45) is 4.99 Å². The van der Waals surface area contributed by atoms with Gasteiger partial charge in [-0.2, -0.15) is 4.99 Å². The average Bonchev–Trinajstić information content (AvgIpc) is 2.20. The number of benzene rings is 1. The Morgan fingerprint density at radius 2 is 2.29 bits per heavy atom. The molecule has 72 valence electrons. The van der Waals surface area contributed by atoms with Gasteiger partial charge in [-0.25, -0.2) is 9.59 Å². The number of methoxy groups -OCH3 is 1. The number of rotatable bonds is 2. The van der Waals surface area contributed by atoms with Gasteiger partial charge in [0, 0.05) is 0 Å². The minimum atomic E-state index is -0.689. The molecule has 0 saturated heterocycles. The van der Waals surface area contributed by atoms with Crippen molar-refractivity contribution in [2.45, 2.75) is 0 Å². The highest BCUT2D eigenvalue weighted by atomic mass is 16.5. The van der Waals surface area contributed by atoms with Gasteiger partial charge in [0.25, 0.3) is 0 Å². The van der Waals surface area contributed by atoms with Crippen LogP contribution in [0.25, 0.3) is 0 Å². The fourth-order valence-electron chi connectivity index (χ4n) is 0.945. The van der Waals surface area contributed by atoms with E-state index in [1.54, 1.807) is 0 Å². The predicted molar refractivity (Wildman–Crippen MR) is 47.2 cm³/mol. The van der Waals surface area contributed by atoms with Crippen LogP contribution >= 0.6 is 0 Å². The molecule has 0 bridgehead atoms. The van der Waals surface area contributed by atoms with E-state index in [1.165, 1.54) is 31.4 Å². The Labute approximate surface area is 79.7 Å². The second kappa shape index (κ2) is 4.20. The third-order valence-corrected chi connectivity index (χ3v) is 1.59. The first-order chi connectivity index (χ1) is 6.70. The molecule has 5 heteroatoms. The summed E-state index contributed by atoms with van der Waals surface area (Å²) in [6.45, 7) is 0. The van der Waals surface area contributed by atoms with Gasteiger partial charge in [-0.3, -0.25) is 0 Å². The monoisotopic (exact) mass is 193 g/mol. The predicted octanol–water partition coefficient (Wildman–Crippen LogP) is 1.15. The summed E-state index contributed by atoms with van der Waals surface area (Å²) in [6, 6.07) is 4.22. The van der Waals surface area contributed by atoms with Crippen molar-refractivity contribution in [2.75, 3.05) is 7.11 Å². The highest BCUT2D eigenvalue weighted by Gasteiger charge is 2.13. The average molecular weight is 193 g/mol. The summed E-state index contributed by atoms with van der Waals surface area (Å²) in [5.74, 6) is -1.08. The lowest BCUT2D eigenvalue weighted by Gasteiger charge is -2.02. The molecule has 1 rings (SSSR count). The maximum atomic E-state index is 11.1. The molecule has 1 N–H and O–H groups in total. The van der Waals surface area contributed by atoms with Crippen LogP contribution in [-0.4, -0.2) is 24.3 Å². The highest BCUT2D eigenvalue weighted by molar-refractivity contribution is 5.94. The molecule has 1 aromatic carbocycles. The molecule has 0 spiro atoms. The smallest absolute Gasteiger partial charge is 0.341 e. The Bertz CT molecular complexity index is 407. The molecule has 0 heterocycles. The van der Waals surface area contributed by atoms with Crippen molar-refractivity contribution in [3.05, 3.63) is 23.8 Å². The van der Waals surface area contributed by atoms with Gasteiger partial charge in [0.15, 0.2) is 5.75 Å². The van der Waals surface area contributed by atoms with E-state index in [0.717, 1.165) is 0 Å². The van der Waals surface area contributed by atoms with Gasteiger partial charge >= 0.3 is 5.97 Å². The Hall–Kier alpha value is -2.13. The number of hydrogen-bond acceptors (Lipinski definition) is 5. The van der Waals surface area contributed by atoms with Gasteiger partial charge in [0.2, 0.25) is 6.08 Å². The molecule has 0 amide bonds. The SMILES string of the molecule is COC(=O)c1cccc(N=C=O)c1O. The summed E-state index contributed by atoms with van der Waals surface area (Å²) in [5.41, 5.74) is -0.0492. The van der Waals surface area contributed by atoms with Crippen LogP contribution in [0.1, 0.15) is 10.4 Å². The maximum Gasteiger partial charge on any atom is 0.341 e. The van der Waals surface area contributed by atoms with Crippen LogP contribution in [0.3, 0.4) is 0 Å². The molecule has 0 unspecified atom stereocenters. The van der Waals surface area contributed by atoms with E-state index >= 15 is 0 Å². The first-order valence-electron chi connectivity index (χ1n) is 3.69. The lowest BCUT2D eigenvalue weighted by molar-refractivity contribution is 0.0597. The summed E-state index contributed by atoms with van der Waals surface area (Å²) in [5, 5.41) is 9.45. The highest BCUT2D eigenvalue weighted by Crippen LogP contribution is 2.29. The Kier molecular flexibility index (Phi) is 2.99. The number of esters is 1. The third-order valence-electron chi connectivity index (χ3n) is 1.59. The minimum absolute atomic E-state index is 0.0112. The molecule has 0 aliphatic rings. The van der Waals surface area contributed by atoms with E-state index in [-0.39, 0.29) is 17.0 Å². The number of nitrogens with zero attached hydrogens (tertiary/aromatic N) is 1. The van der Waals surface area contributed by atoms with Crippen LogP contribution in [0, 0.1) is 0 Å². The van der Waals surface area contributed by atoms with E-state index in [4.69, 9.17) is 0 Å². The standard InChI is InChI=1S/C9H7NO4/c1-14-9(13)6-3-2-4-7(8(6)12)10-5-11/h2-4,12H,1H3. The first kappa shape index (κ1) is 9.95. The van der Waals surface area contributed by atoms with Crippen molar-refractivity contribution in [1.82, 2.24) is 0 Å². The van der Waals surface area contributed by atoms with E-state index in [2.05, 4.69) is 9.73 Å². The summed E-state index contributed by atoms with van der Waals surface area (Å²) < 4.78 is 4.41. The van der Waals surface area contributed by atoms with E-state index in [9.17, 15) is 14.7 Å². The molecule has 0 atom stereocenters. The molecule has 0 aliphatic carbocycles. The molecule has 1 aromatic rings. The number of para-hydroxylation sites is 1. The van der Waals surface area contributed by atoms with Gasteiger partial charge in [-0.05, 0) is 12.1 Å². The number of aromatic hydroxyl groups is 1. The number of phenolic OH excluding ortho intramolecular Hbond substituents is 1. The zero-order valence-corrected chi connectivity index (χ0v) is 7.35. The summed E-state index contributed by atoms with van der Waals surface area (Å²) >= 11 is 0. The largest absolute Gasteiger partial charge is 0.505 e. The van der Waals surface area contributed by atoms with Crippen LogP contribution in [0.15, 0.2) is 23.2 Å². The fraction of sp³-hybridized carbons (Fsp3) is 0.111. The third kappa shape index (κ3) is 1.78. The number of phenols is 1. The van der Waals surface area contributed by atoms with E-state index in [1.807, 2.05) is 0 Å². The molecular formula is C9H7NO4. The molecule has 0 fully saturated rings. The number of carbonyl (C=O) groups excluding carboxylic acids is 2. The van der Waals surface area contributed by atoms with E-state index in [0.29, 0.717) is 0 Å². The topological polar surface area (TPSA) is 76.0 Å². The van der Waals surface area contributed by atoms with Crippen LogP contribution in [0.5, 0.6) is 5.75 Å². The van der Waals surface area contributed by atoms with Gasteiger partial charge in [-0.15, -0.1) is 0 Å². The van der Waals surface area contributed by atoms with Crippen molar-refractivity contribution in [1.29, 1.82) is 0 Å². The van der Waals surface area contributed by atoms with Gasteiger partial charge in [-0.1, -0.05) is 6.07 Å². The number of isocyanates is 1. The normalized spacial score (nSPS) is 8.93. The molecular weight excluding hydrogens is 186 g/mol. The Balaban J connectivity index is 3.26. The van der Waals surface area contributed by atoms with Gasteiger partial charge in [0.05, 0.1) is 7.11 Å². The van der Waals surface area contributed by atoms with Crippen molar-refractivity contribution in [3.63, 3.8) is 0 Å². The molecule has 0 aliphatic heterocycles. The fourth-order valence-corrected chi connectivity index (χ4v) is 0.945. The van der Waals surface area contributed by atoms with Gasteiger partial charge < -0.3 is 9.84 Å². The zero-order valence-electron chi connectivity index (χ0n) is 7.35. The van der Waals surface area contributed by atoms with Crippen LogP contribution in [0.2, 0.25) is 0 Å². The van der Waals surface area contributed by atoms with Crippen molar-refractivity contribution < 1.29 is 19.4 Å². The van der Waals surface area contributed by atoms with Crippen molar-refractivity contribution in [3.8, 4) is 5.75 Å². The van der Waals surface area contributed by atoms with Crippen molar-refractivity contribution >= 4 is 17.7 Å². The van der Waals surface area contributed by atoms with Crippen LogP contribution in [-0.2, 0) is 9.53 Å². The van der Waals surface area contributed by atoms with Crippen LogP contribution in [0.4, 0.5) is 5.69 Å². The summed E-state index contributed by atoms with van der Waals surface area (Å²) in [4.78, 5) is 24.2. The zero-order chi connectivity index (χ0) is 10.6. The molecule has 0 saturated carbocycles.